The van der Waals surface area contributed by atoms with Crippen molar-refractivity contribution in [2.75, 3.05) is 18.2 Å². The molecule has 144 valence electrons. The zero-order valence-corrected chi connectivity index (χ0v) is 16.7. The number of carbonyl (C=O) groups excluding carboxylic acids is 1. The Bertz CT molecular complexity index is 950. The second-order valence-electron chi connectivity index (χ2n) is 6.14. The molecule has 0 spiro atoms. The molecule has 0 aliphatic carbocycles. The highest BCUT2D eigenvalue weighted by Crippen LogP contribution is 2.26. The first-order chi connectivity index (χ1) is 13.6. The van der Waals surface area contributed by atoms with E-state index in [4.69, 9.17) is 4.74 Å². The van der Waals surface area contributed by atoms with Gasteiger partial charge in [0.2, 0.25) is 5.91 Å². The van der Waals surface area contributed by atoms with Gasteiger partial charge in [0.25, 0.3) is 0 Å². The summed E-state index contributed by atoms with van der Waals surface area (Å²) in [5, 5.41) is 12.1. The zero-order chi connectivity index (χ0) is 19.9. The third kappa shape index (κ3) is 4.80. The number of allylic oxidation sites excluding steroid dienone is 1. The number of amides is 1. The van der Waals surface area contributed by atoms with Crippen LogP contribution in [-0.4, -0.2) is 33.5 Å². The number of methoxy groups -OCH3 is 1. The maximum atomic E-state index is 12.3. The van der Waals surface area contributed by atoms with Gasteiger partial charge in [-0.25, -0.2) is 0 Å². The van der Waals surface area contributed by atoms with Gasteiger partial charge in [0.15, 0.2) is 11.0 Å². The van der Waals surface area contributed by atoms with Crippen LogP contribution in [0.4, 0.5) is 5.69 Å². The fourth-order valence-electron chi connectivity index (χ4n) is 2.61. The highest BCUT2D eigenvalue weighted by Gasteiger charge is 2.15. The van der Waals surface area contributed by atoms with Crippen molar-refractivity contribution in [2.45, 2.75) is 18.6 Å². The van der Waals surface area contributed by atoms with Crippen molar-refractivity contribution in [3.63, 3.8) is 0 Å². The number of aryl methyl sites for hydroxylation is 1. The smallest absolute Gasteiger partial charge is 0.234 e. The lowest BCUT2D eigenvalue weighted by Crippen LogP contribution is -2.14. The van der Waals surface area contributed by atoms with Crippen LogP contribution < -0.4 is 10.1 Å². The van der Waals surface area contributed by atoms with E-state index in [-0.39, 0.29) is 11.7 Å². The molecule has 28 heavy (non-hydrogen) atoms. The maximum absolute atomic E-state index is 12.3. The Kier molecular flexibility index (Phi) is 6.49. The van der Waals surface area contributed by atoms with E-state index in [0.29, 0.717) is 11.7 Å². The van der Waals surface area contributed by atoms with Crippen molar-refractivity contribution in [3.8, 4) is 17.1 Å². The molecule has 1 heterocycles. The second-order valence-corrected chi connectivity index (χ2v) is 7.08. The largest absolute Gasteiger partial charge is 0.497 e. The number of rotatable bonds is 8. The molecular weight excluding hydrogens is 372 g/mol. The summed E-state index contributed by atoms with van der Waals surface area (Å²) in [6, 6.07) is 15.3. The van der Waals surface area contributed by atoms with Gasteiger partial charge >= 0.3 is 0 Å². The molecule has 7 heteroatoms. The predicted octanol–water partition coefficient (Wildman–Crippen LogP) is 4.18. The lowest BCUT2D eigenvalue weighted by atomic mass is 10.2. The average Bonchev–Trinajstić information content (AvgIpc) is 3.11. The standard InChI is InChI=1S/C21H22N4O2S/c1-4-13-25-20(16-7-11-18(27-3)12-8-16)23-24-21(25)28-14-19(26)22-17-9-5-15(2)6-10-17/h4-12H,1,13-14H2,2-3H3,(H,22,26). The van der Waals surface area contributed by atoms with E-state index in [1.54, 1.807) is 13.2 Å². The van der Waals surface area contributed by atoms with Crippen LogP contribution in [0.25, 0.3) is 11.4 Å². The van der Waals surface area contributed by atoms with Crippen molar-refractivity contribution < 1.29 is 9.53 Å². The molecule has 3 rings (SSSR count). The summed E-state index contributed by atoms with van der Waals surface area (Å²) >= 11 is 1.35. The van der Waals surface area contributed by atoms with E-state index < -0.39 is 0 Å². The van der Waals surface area contributed by atoms with Gasteiger partial charge in [0.05, 0.1) is 12.9 Å². The summed E-state index contributed by atoms with van der Waals surface area (Å²) in [7, 11) is 1.63. The number of nitrogens with one attached hydrogen (secondary N) is 1. The van der Waals surface area contributed by atoms with Gasteiger partial charge in [-0.15, -0.1) is 16.8 Å². The molecule has 6 nitrogen and oxygen atoms in total. The normalized spacial score (nSPS) is 10.5. The Hall–Kier alpha value is -3.06. The molecule has 0 bridgehead atoms. The topological polar surface area (TPSA) is 69.0 Å². The maximum Gasteiger partial charge on any atom is 0.234 e. The van der Waals surface area contributed by atoms with Crippen LogP contribution in [0.15, 0.2) is 66.3 Å². The summed E-state index contributed by atoms with van der Waals surface area (Å²) in [6.07, 6.45) is 1.78. The Labute approximate surface area is 168 Å². The van der Waals surface area contributed by atoms with E-state index in [1.165, 1.54) is 11.8 Å². The van der Waals surface area contributed by atoms with Crippen LogP contribution in [0.3, 0.4) is 0 Å². The lowest BCUT2D eigenvalue weighted by Gasteiger charge is -2.09. The molecule has 0 unspecified atom stereocenters. The summed E-state index contributed by atoms with van der Waals surface area (Å²) in [6.45, 7) is 6.37. The van der Waals surface area contributed by atoms with Crippen LogP contribution in [0, 0.1) is 6.92 Å². The highest BCUT2D eigenvalue weighted by atomic mass is 32.2. The van der Waals surface area contributed by atoms with Crippen LogP contribution in [-0.2, 0) is 11.3 Å². The zero-order valence-electron chi connectivity index (χ0n) is 15.9. The quantitative estimate of drug-likeness (QED) is 0.458. The Morgan fingerprint density at radius 2 is 1.89 bits per heavy atom. The van der Waals surface area contributed by atoms with E-state index in [2.05, 4.69) is 22.1 Å². The van der Waals surface area contributed by atoms with Gasteiger partial charge in [0.1, 0.15) is 5.75 Å². The van der Waals surface area contributed by atoms with Gasteiger partial charge in [-0.05, 0) is 43.3 Å². The minimum Gasteiger partial charge on any atom is -0.497 e. The van der Waals surface area contributed by atoms with Crippen molar-refractivity contribution in [1.82, 2.24) is 14.8 Å². The number of thioether (sulfide) groups is 1. The molecular formula is C21H22N4O2S. The van der Waals surface area contributed by atoms with Crippen LogP contribution in [0.1, 0.15) is 5.56 Å². The molecule has 0 saturated carbocycles. The van der Waals surface area contributed by atoms with Gasteiger partial charge in [-0.1, -0.05) is 35.5 Å². The molecule has 0 aliphatic heterocycles. The van der Waals surface area contributed by atoms with Crippen LogP contribution in [0.2, 0.25) is 0 Å². The second kappa shape index (κ2) is 9.23. The monoisotopic (exact) mass is 394 g/mol. The third-order valence-electron chi connectivity index (χ3n) is 4.04. The van der Waals surface area contributed by atoms with Gasteiger partial charge in [-0.3, -0.25) is 9.36 Å². The van der Waals surface area contributed by atoms with E-state index in [0.717, 1.165) is 28.4 Å². The van der Waals surface area contributed by atoms with Crippen LogP contribution >= 0.6 is 11.8 Å². The number of hydrogen-bond donors (Lipinski definition) is 1. The number of ether oxygens (including phenoxy) is 1. The first-order valence-corrected chi connectivity index (χ1v) is 9.77. The molecule has 0 fully saturated rings. The Balaban J connectivity index is 1.70. The molecule has 1 N–H and O–H groups in total. The lowest BCUT2D eigenvalue weighted by molar-refractivity contribution is -0.113. The molecule has 0 radical (unpaired) electrons. The van der Waals surface area contributed by atoms with Crippen LogP contribution in [0.5, 0.6) is 5.75 Å². The molecule has 3 aromatic rings. The summed E-state index contributed by atoms with van der Waals surface area (Å²) in [4.78, 5) is 12.3. The predicted molar refractivity (Wildman–Crippen MR) is 113 cm³/mol. The van der Waals surface area contributed by atoms with Crippen molar-refractivity contribution >= 4 is 23.4 Å². The molecule has 2 aromatic carbocycles. The number of nitrogens with zero attached hydrogens (tertiary/aromatic N) is 3. The van der Waals surface area contributed by atoms with Gasteiger partial charge < -0.3 is 10.1 Å². The number of hydrogen-bond acceptors (Lipinski definition) is 5. The van der Waals surface area contributed by atoms with E-state index in [9.17, 15) is 4.79 Å². The van der Waals surface area contributed by atoms with Crippen molar-refractivity contribution in [1.29, 1.82) is 0 Å². The highest BCUT2D eigenvalue weighted by molar-refractivity contribution is 7.99. The van der Waals surface area contributed by atoms with Gasteiger partial charge in [0, 0.05) is 17.8 Å². The number of carbonyl (C=O) groups is 1. The van der Waals surface area contributed by atoms with Crippen molar-refractivity contribution in [2.24, 2.45) is 0 Å². The fraction of sp³-hybridized carbons (Fsp3) is 0.190. The number of anilines is 1. The molecule has 0 atom stereocenters. The summed E-state index contributed by atoms with van der Waals surface area (Å²) in [5.41, 5.74) is 2.85. The molecule has 0 aliphatic rings. The van der Waals surface area contributed by atoms with E-state index in [1.807, 2.05) is 60.0 Å². The first kappa shape index (κ1) is 19.7. The minimum atomic E-state index is -0.0898. The Morgan fingerprint density at radius 1 is 1.18 bits per heavy atom. The first-order valence-electron chi connectivity index (χ1n) is 8.78. The minimum absolute atomic E-state index is 0.0898. The molecule has 0 saturated heterocycles. The summed E-state index contributed by atoms with van der Waals surface area (Å²) in [5.74, 6) is 1.66. The van der Waals surface area contributed by atoms with Gasteiger partial charge in [-0.2, -0.15) is 0 Å². The summed E-state index contributed by atoms with van der Waals surface area (Å²) < 4.78 is 7.14. The fourth-order valence-corrected chi connectivity index (χ4v) is 3.35. The van der Waals surface area contributed by atoms with E-state index >= 15 is 0 Å². The average molecular weight is 395 g/mol. The van der Waals surface area contributed by atoms with Crippen molar-refractivity contribution in [3.05, 3.63) is 66.7 Å². The Morgan fingerprint density at radius 3 is 2.54 bits per heavy atom. The number of aromatic nitrogens is 3. The SMILES string of the molecule is C=CCn1c(SCC(=O)Nc2ccc(C)cc2)nnc1-c1ccc(OC)cc1. The molecule has 1 amide bonds. The number of benzene rings is 2. The third-order valence-corrected chi connectivity index (χ3v) is 5.01. The molecule has 1 aromatic heterocycles.